The lowest BCUT2D eigenvalue weighted by Gasteiger charge is -2.39. The fraction of sp³-hybridized carbons (Fsp3) is 0.314. The number of fused-ring (bicyclic) bond motifs is 1. The van der Waals surface area contributed by atoms with Gasteiger partial charge in [0.05, 0.1) is 23.0 Å². The fourth-order valence-electron chi connectivity index (χ4n) is 9.84. The van der Waals surface area contributed by atoms with Crippen molar-refractivity contribution >= 4 is 11.1 Å². The summed E-state index contributed by atoms with van der Waals surface area (Å²) in [6.07, 6.45) is 42.8. The van der Waals surface area contributed by atoms with Crippen molar-refractivity contribution in [2.75, 3.05) is 0 Å². The molecule has 5 atom stereocenters. The van der Waals surface area contributed by atoms with Gasteiger partial charge in [-0.05, 0) is 134 Å². The Kier molecular flexibility index (Phi) is 9.93. The minimum absolute atomic E-state index is 0.241. The van der Waals surface area contributed by atoms with E-state index in [0.29, 0.717) is 23.7 Å². The van der Waals surface area contributed by atoms with Gasteiger partial charge in [-0.25, -0.2) is 9.97 Å². The summed E-state index contributed by atoms with van der Waals surface area (Å²) in [4.78, 5) is 10.9. The molecule has 1 aromatic heterocycles. The quantitative estimate of drug-likeness (QED) is 0.246. The van der Waals surface area contributed by atoms with E-state index in [0.717, 1.165) is 68.4 Å². The first-order valence-electron chi connectivity index (χ1n) is 20.4. The van der Waals surface area contributed by atoms with Crippen molar-refractivity contribution < 1.29 is 0 Å². The second-order valence-corrected chi connectivity index (χ2v) is 15.9. The molecule has 3 aromatic rings. The maximum absolute atomic E-state index is 9.31. The number of nitriles is 1. The Bertz CT molecular complexity index is 2230. The molecule has 0 fully saturated rings. The lowest BCUT2D eigenvalue weighted by Crippen LogP contribution is -2.27. The predicted molar refractivity (Wildman–Crippen MR) is 222 cm³/mol. The van der Waals surface area contributed by atoms with E-state index in [-0.39, 0.29) is 5.92 Å². The number of hydrogen-bond acceptors (Lipinski definition) is 3. The molecule has 268 valence electrons. The maximum Gasteiger partial charge on any atom is 0.155 e. The van der Waals surface area contributed by atoms with Crippen molar-refractivity contribution in [1.29, 1.82) is 5.26 Å². The summed E-state index contributed by atoms with van der Waals surface area (Å²) in [6, 6.07) is 21.4. The van der Waals surface area contributed by atoms with Gasteiger partial charge in [-0.3, -0.25) is 0 Å². The van der Waals surface area contributed by atoms with Gasteiger partial charge in [0.2, 0.25) is 0 Å². The van der Waals surface area contributed by atoms with E-state index in [2.05, 4.69) is 128 Å². The van der Waals surface area contributed by atoms with E-state index < -0.39 is 0 Å². The molecule has 54 heavy (non-hydrogen) atoms. The van der Waals surface area contributed by atoms with Gasteiger partial charge >= 0.3 is 0 Å². The van der Waals surface area contributed by atoms with Crippen LogP contribution >= 0.6 is 0 Å². The number of allylic oxidation sites excluding steroid dienone is 18. The van der Waals surface area contributed by atoms with Crippen LogP contribution in [0, 0.1) is 29.1 Å². The summed E-state index contributed by atoms with van der Waals surface area (Å²) in [6.45, 7) is 0. The normalized spacial score (nSPS) is 26.1. The molecule has 5 unspecified atom stereocenters. The molecule has 0 N–H and O–H groups in total. The van der Waals surface area contributed by atoms with Crippen molar-refractivity contribution in [2.45, 2.75) is 82.5 Å². The van der Waals surface area contributed by atoms with Gasteiger partial charge in [-0.2, -0.15) is 5.26 Å². The highest BCUT2D eigenvalue weighted by Crippen LogP contribution is 2.49. The van der Waals surface area contributed by atoms with Gasteiger partial charge in [0.15, 0.2) is 5.82 Å². The van der Waals surface area contributed by atoms with E-state index in [9.17, 15) is 5.26 Å². The molecule has 0 saturated carbocycles. The molecule has 9 rings (SSSR count). The highest BCUT2D eigenvalue weighted by atomic mass is 14.9. The Morgan fingerprint density at radius 1 is 0.685 bits per heavy atom. The van der Waals surface area contributed by atoms with Gasteiger partial charge in [0.25, 0.3) is 0 Å². The average Bonchev–Trinajstić information content (AvgIpc) is 3.26. The number of aromatic nitrogens is 2. The molecule has 3 heteroatoms. The molecule has 6 aliphatic rings. The second kappa shape index (κ2) is 15.6. The van der Waals surface area contributed by atoms with Gasteiger partial charge in [0.1, 0.15) is 0 Å². The van der Waals surface area contributed by atoms with Crippen LogP contribution in [-0.2, 0) is 0 Å². The molecule has 0 bridgehead atoms. The van der Waals surface area contributed by atoms with E-state index in [1.54, 1.807) is 16.7 Å². The standard InChI is InChI=1S/C51H49N3/c52-34-35-20-22-38(23-21-35)44-32-33-45(47-19-11-10-18-46(44)47)39-28-24-36(25-29-39)37-26-30-42(31-27-37)50-48(40-12-4-1-5-13-40)49(41-14-6-2-7-15-41)53-51(54-50)43-16-8-3-9-17-43/h1-2,4-7,10-14,16,18-23,26,28,30,33,36,41,44,46-47H,3,8-9,15,17,24-25,27,29,31-32H2. The third-order valence-corrected chi connectivity index (χ3v) is 12.8. The first kappa shape index (κ1) is 34.4. The molecule has 0 spiro atoms. The maximum atomic E-state index is 9.31. The Labute approximate surface area is 321 Å². The second-order valence-electron chi connectivity index (χ2n) is 15.9. The van der Waals surface area contributed by atoms with Crippen LogP contribution < -0.4 is 0 Å². The van der Waals surface area contributed by atoms with Crippen LogP contribution in [0.3, 0.4) is 0 Å². The minimum atomic E-state index is 0.241. The van der Waals surface area contributed by atoms with Crippen molar-refractivity contribution in [3.63, 3.8) is 0 Å². The van der Waals surface area contributed by atoms with Gasteiger partial charge in [-0.1, -0.05) is 127 Å². The van der Waals surface area contributed by atoms with Crippen molar-refractivity contribution in [2.24, 2.45) is 17.8 Å². The Hall–Kier alpha value is -5.33. The summed E-state index contributed by atoms with van der Waals surface area (Å²) < 4.78 is 0. The summed E-state index contributed by atoms with van der Waals surface area (Å²) in [5.41, 5.74) is 14.1. The number of nitrogens with zero attached hydrogens (tertiary/aromatic N) is 3. The zero-order valence-electron chi connectivity index (χ0n) is 31.2. The topological polar surface area (TPSA) is 49.6 Å². The molecule has 3 nitrogen and oxygen atoms in total. The smallest absolute Gasteiger partial charge is 0.155 e. The third kappa shape index (κ3) is 6.91. The van der Waals surface area contributed by atoms with E-state index in [1.165, 1.54) is 52.8 Å². The number of hydrogen-bond donors (Lipinski definition) is 0. The zero-order chi connectivity index (χ0) is 36.3. The molecule has 0 amide bonds. The fourth-order valence-corrected chi connectivity index (χ4v) is 9.84. The summed E-state index contributed by atoms with van der Waals surface area (Å²) in [5.74, 6) is 3.08. The van der Waals surface area contributed by atoms with Crippen molar-refractivity contribution in [3.05, 3.63) is 179 Å². The van der Waals surface area contributed by atoms with Crippen LogP contribution in [0.1, 0.15) is 111 Å². The SMILES string of the molecule is N#Cc1ccc(C2CC=C(C3=CCC(C4=CC=C(c5nc(C6=CCCCC6)nc(C6C=CC=CC6)c5-c5ccccc5)CC4)CC3)C3C=CC=CC32)cc1. The largest absolute Gasteiger partial charge is 0.232 e. The average molecular weight is 704 g/mol. The molecular formula is C51H49N3. The van der Waals surface area contributed by atoms with Gasteiger partial charge < -0.3 is 0 Å². The van der Waals surface area contributed by atoms with Crippen molar-refractivity contribution in [3.8, 4) is 17.2 Å². The summed E-state index contributed by atoms with van der Waals surface area (Å²) >= 11 is 0. The summed E-state index contributed by atoms with van der Waals surface area (Å²) in [5, 5.41) is 9.31. The molecule has 2 aromatic carbocycles. The molecule has 6 aliphatic carbocycles. The van der Waals surface area contributed by atoms with E-state index >= 15 is 0 Å². The van der Waals surface area contributed by atoms with Crippen LogP contribution in [-0.4, -0.2) is 9.97 Å². The number of rotatable bonds is 7. The minimum Gasteiger partial charge on any atom is -0.232 e. The molecule has 0 radical (unpaired) electrons. The van der Waals surface area contributed by atoms with Crippen LogP contribution in [0.4, 0.5) is 0 Å². The van der Waals surface area contributed by atoms with E-state index in [4.69, 9.17) is 9.97 Å². The van der Waals surface area contributed by atoms with Crippen molar-refractivity contribution in [1.82, 2.24) is 9.97 Å². The highest BCUT2D eigenvalue weighted by Gasteiger charge is 2.36. The highest BCUT2D eigenvalue weighted by molar-refractivity contribution is 5.83. The lowest BCUT2D eigenvalue weighted by atomic mass is 9.65. The lowest BCUT2D eigenvalue weighted by molar-refractivity contribution is 0.405. The van der Waals surface area contributed by atoms with Gasteiger partial charge in [0, 0.05) is 17.4 Å². The third-order valence-electron chi connectivity index (χ3n) is 12.8. The molecule has 0 saturated heterocycles. The first-order chi connectivity index (χ1) is 26.7. The zero-order valence-corrected chi connectivity index (χ0v) is 31.2. The van der Waals surface area contributed by atoms with Crippen LogP contribution in [0.25, 0.3) is 22.3 Å². The predicted octanol–water partition coefficient (Wildman–Crippen LogP) is 12.9. The summed E-state index contributed by atoms with van der Waals surface area (Å²) in [7, 11) is 0. The van der Waals surface area contributed by atoms with E-state index in [1.807, 2.05) is 12.1 Å². The Morgan fingerprint density at radius 2 is 1.56 bits per heavy atom. The van der Waals surface area contributed by atoms with Crippen LogP contribution in [0.2, 0.25) is 0 Å². The first-order valence-corrected chi connectivity index (χ1v) is 20.4. The van der Waals surface area contributed by atoms with Crippen LogP contribution in [0.5, 0.6) is 0 Å². The Balaban J connectivity index is 0.995. The van der Waals surface area contributed by atoms with Crippen LogP contribution in [0.15, 0.2) is 150 Å². The monoisotopic (exact) mass is 703 g/mol. The molecule has 0 aliphatic heterocycles. The van der Waals surface area contributed by atoms with Gasteiger partial charge in [-0.15, -0.1) is 0 Å². The number of benzene rings is 2. The molecule has 1 heterocycles. The Morgan fingerprint density at radius 3 is 2.30 bits per heavy atom. The molecular weight excluding hydrogens is 655 g/mol.